The minimum absolute atomic E-state index is 0.190. The number of carbonyl (C=O) groups excluding carboxylic acids is 1. The molecule has 32 heavy (non-hydrogen) atoms. The second-order valence-electron chi connectivity index (χ2n) is 8.54. The highest BCUT2D eigenvalue weighted by atomic mass is 16.5. The molecule has 2 atom stereocenters. The SMILES string of the molecule is COCC1CCN(Cc2c(OC)cc(C)c3[nH]ccc23)[C@H](c2ccc(C(=O)NO)cc2)C1. The van der Waals surface area contributed by atoms with E-state index in [0.29, 0.717) is 11.5 Å². The molecule has 1 unspecified atom stereocenters. The Bertz CT molecular complexity index is 1080. The molecule has 7 nitrogen and oxygen atoms in total. The molecule has 0 radical (unpaired) electrons. The molecule has 2 aromatic carbocycles. The van der Waals surface area contributed by atoms with E-state index in [4.69, 9.17) is 14.7 Å². The molecular weight excluding hydrogens is 406 g/mol. The molecule has 1 saturated heterocycles. The lowest BCUT2D eigenvalue weighted by Gasteiger charge is -2.40. The van der Waals surface area contributed by atoms with E-state index in [0.717, 1.165) is 49.4 Å². The summed E-state index contributed by atoms with van der Waals surface area (Å²) < 4.78 is 11.2. The van der Waals surface area contributed by atoms with Crippen LogP contribution in [-0.4, -0.2) is 48.4 Å². The van der Waals surface area contributed by atoms with Crippen molar-refractivity contribution >= 4 is 16.8 Å². The number of nitrogens with one attached hydrogen (secondary N) is 2. The minimum Gasteiger partial charge on any atom is -0.496 e. The number of piperidine rings is 1. The number of amides is 1. The van der Waals surface area contributed by atoms with E-state index in [1.807, 2.05) is 18.3 Å². The quantitative estimate of drug-likeness (QED) is 0.381. The van der Waals surface area contributed by atoms with Gasteiger partial charge in [-0.25, -0.2) is 5.48 Å². The van der Waals surface area contributed by atoms with E-state index >= 15 is 0 Å². The van der Waals surface area contributed by atoms with E-state index < -0.39 is 5.91 Å². The number of hydrogen-bond acceptors (Lipinski definition) is 5. The Morgan fingerprint density at radius 2 is 2.03 bits per heavy atom. The van der Waals surface area contributed by atoms with Gasteiger partial charge in [-0.05, 0) is 67.6 Å². The topological polar surface area (TPSA) is 86.8 Å². The molecule has 1 fully saturated rings. The summed E-state index contributed by atoms with van der Waals surface area (Å²) in [7, 11) is 3.48. The molecular formula is C25H31N3O4. The van der Waals surface area contributed by atoms with Crippen molar-refractivity contribution in [1.82, 2.24) is 15.4 Å². The Labute approximate surface area is 188 Å². The number of H-pyrrole nitrogens is 1. The number of fused-ring (bicyclic) bond motifs is 1. The van der Waals surface area contributed by atoms with Gasteiger partial charge in [0.05, 0.1) is 7.11 Å². The standard InChI is InChI=1S/C25H31N3O4/c1-16-12-23(32-3)21(20-8-10-26-24(16)20)14-28-11-9-17(15-31-2)13-22(28)18-4-6-19(7-5-18)25(29)27-30/h4-8,10,12,17,22,26,30H,9,11,13-15H2,1-3H3,(H,27,29)/t17?,22-/m0/s1. The largest absolute Gasteiger partial charge is 0.496 e. The van der Waals surface area contributed by atoms with Gasteiger partial charge in [0.15, 0.2) is 0 Å². The number of aromatic nitrogens is 1. The summed E-state index contributed by atoms with van der Waals surface area (Å²) in [5, 5.41) is 10.1. The predicted octanol–water partition coefficient (Wildman–Crippen LogP) is 4.20. The van der Waals surface area contributed by atoms with Crippen LogP contribution in [0.15, 0.2) is 42.6 Å². The van der Waals surface area contributed by atoms with Crippen LogP contribution in [-0.2, 0) is 11.3 Å². The fraction of sp³-hybridized carbons (Fsp3) is 0.400. The van der Waals surface area contributed by atoms with Crippen LogP contribution in [0.25, 0.3) is 10.9 Å². The van der Waals surface area contributed by atoms with E-state index in [9.17, 15) is 4.79 Å². The Kier molecular flexibility index (Phi) is 6.79. The third kappa shape index (κ3) is 4.37. The van der Waals surface area contributed by atoms with Crippen LogP contribution in [0.5, 0.6) is 5.75 Å². The van der Waals surface area contributed by atoms with Crippen molar-refractivity contribution in [2.75, 3.05) is 27.4 Å². The number of aryl methyl sites for hydroxylation is 1. The number of nitrogens with zero attached hydrogens (tertiary/aromatic N) is 1. The van der Waals surface area contributed by atoms with Crippen molar-refractivity contribution < 1.29 is 19.5 Å². The predicted molar refractivity (Wildman–Crippen MR) is 123 cm³/mol. The summed E-state index contributed by atoms with van der Waals surface area (Å²) in [6.07, 6.45) is 4.03. The van der Waals surface area contributed by atoms with Crippen molar-refractivity contribution in [3.63, 3.8) is 0 Å². The summed E-state index contributed by atoms with van der Waals surface area (Å²) in [5.41, 5.74) is 6.77. The fourth-order valence-electron chi connectivity index (χ4n) is 4.92. The summed E-state index contributed by atoms with van der Waals surface area (Å²) in [5.74, 6) is 0.879. The van der Waals surface area contributed by atoms with Gasteiger partial charge in [0.1, 0.15) is 5.75 Å². The number of methoxy groups -OCH3 is 2. The molecule has 2 heterocycles. The Hall–Kier alpha value is -2.87. The Balaban J connectivity index is 1.67. The molecule has 1 aliphatic rings. The van der Waals surface area contributed by atoms with Crippen molar-refractivity contribution in [3.8, 4) is 5.75 Å². The highest BCUT2D eigenvalue weighted by molar-refractivity contribution is 5.93. The first-order valence-corrected chi connectivity index (χ1v) is 11.0. The third-order valence-electron chi connectivity index (χ3n) is 6.58. The van der Waals surface area contributed by atoms with Crippen LogP contribution in [0.1, 0.15) is 45.9 Å². The van der Waals surface area contributed by atoms with Gasteiger partial charge in [-0.3, -0.25) is 14.9 Å². The van der Waals surface area contributed by atoms with Gasteiger partial charge in [-0.2, -0.15) is 0 Å². The van der Waals surface area contributed by atoms with E-state index in [1.54, 1.807) is 31.8 Å². The monoisotopic (exact) mass is 437 g/mol. The summed E-state index contributed by atoms with van der Waals surface area (Å²) in [4.78, 5) is 17.6. The van der Waals surface area contributed by atoms with Crippen LogP contribution >= 0.6 is 0 Å². The molecule has 0 spiro atoms. The average molecular weight is 438 g/mol. The second kappa shape index (κ2) is 9.73. The number of carbonyl (C=O) groups is 1. The van der Waals surface area contributed by atoms with E-state index in [2.05, 4.69) is 28.9 Å². The van der Waals surface area contributed by atoms with Crippen molar-refractivity contribution in [2.45, 2.75) is 32.4 Å². The fourth-order valence-corrected chi connectivity index (χ4v) is 4.92. The van der Waals surface area contributed by atoms with Crippen molar-refractivity contribution in [1.29, 1.82) is 0 Å². The lowest BCUT2D eigenvalue weighted by atomic mass is 9.86. The van der Waals surface area contributed by atoms with E-state index in [1.165, 1.54) is 16.5 Å². The number of likely N-dealkylation sites (tertiary alicyclic amines) is 1. The molecule has 0 aliphatic carbocycles. The Morgan fingerprint density at radius 3 is 2.72 bits per heavy atom. The lowest BCUT2D eigenvalue weighted by Crippen LogP contribution is -2.37. The number of ether oxygens (including phenoxy) is 2. The summed E-state index contributed by atoms with van der Waals surface area (Å²) in [6, 6.07) is 11.9. The van der Waals surface area contributed by atoms with Gasteiger partial charge in [0.2, 0.25) is 0 Å². The van der Waals surface area contributed by atoms with Gasteiger partial charge in [0, 0.05) is 54.5 Å². The zero-order valence-corrected chi connectivity index (χ0v) is 18.9. The number of benzene rings is 2. The minimum atomic E-state index is -0.506. The smallest absolute Gasteiger partial charge is 0.274 e. The van der Waals surface area contributed by atoms with Crippen LogP contribution < -0.4 is 10.2 Å². The zero-order chi connectivity index (χ0) is 22.7. The van der Waals surface area contributed by atoms with Gasteiger partial charge < -0.3 is 14.5 Å². The molecule has 1 aromatic heterocycles. The third-order valence-corrected chi connectivity index (χ3v) is 6.58. The van der Waals surface area contributed by atoms with Gasteiger partial charge in [-0.1, -0.05) is 12.1 Å². The highest BCUT2D eigenvalue weighted by Crippen LogP contribution is 2.39. The molecule has 0 saturated carbocycles. The lowest BCUT2D eigenvalue weighted by molar-refractivity contribution is 0.0579. The molecule has 170 valence electrons. The molecule has 0 bridgehead atoms. The maximum atomic E-state index is 11.7. The first kappa shape index (κ1) is 22.3. The van der Waals surface area contributed by atoms with Gasteiger partial charge >= 0.3 is 0 Å². The van der Waals surface area contributed by atoms with Gasteiger partial charge in [-0.15, -0.1) is 0 Å². The molecule has 1 aliphatic heterocycles. The highest BCUT2D eigenvalue weighted by Gasteiger charge is 2.31. The summed E-state index contributed by atoms with van der Waals surface area (Å²) in [6.45, 7) is 4.54. The first-order valence-electron chi connectivity index (χ1n) is 11.0. The number of aromatic amines is 1. The molecule has 4 rings (SSSR count). The zero-order valence-electron chi connectivity index (χ0n) is 18.9. The number of rotatable bonds is 7. The van der Waals surface area contributed by atoms with Crippen LogP contribution in [0.3, 0.4) is 0 Å². The number of hydrogen-bond donors (Lipinski definition) is 3. The maximum Gasteiger partial charge on any atom is 0.274 e. The normalized spacial score (nSPS) is 19.2. The molecule has 1 amide bonds. The maximum absolute atomic E-state index is 11.7. The van der Waals surface area contributed by atoms with Gasteiger partial charge in [0.25, 0.3) is 5.91 Å². The van der Waals surface area contributed by atoms with Crippen LogP contribution in [0.4, 0.5) is 0 Å². The second-order valence-corrected chi connectivity index (χ2v) is 8.54. The van der Waals surface area contributed by atoms with Crippen LogP contribution in [0, 0.1) is 12.8 Å². The van der Waals surface area contributed by atoms with E-state index in [-0.39, 0.29) is 6.04 Å². The molecule has 3 aromatic rings. The summed E-state index contributed by atoms with van der Waals surface area (Å²) >= 11 is 0. The average Bonchev–Trinajstić information content (AvgIpc) is 3.32. The molecule has 7 heteroatoms. The first-order chi connectivity index (χ1) is 15.5. The van der Waals surface area contributed by atoms with Crippen LogP contribution in [0.2, 0.25) is 0 Å². The Morgan fingerprint density at radius 1 is 1.25 bits per heavy atom. The van der Waals surface area contributed by atoms with Crippen molar-refractivity contribution in [2.24, 2.45) is 5.92 Å². The van der Waals surface area contributed by atoms with Crippen molar-refractivity contribution in [3.05, 3.63) is 64.8 Å². The molecule has 3 N–H and O–H groups in total. The number of hydroxylamine groups is 1.